The molecule has 0 saturated carbocycles. The van der Waals surface area contributed by atoms with Gasteiger partial charge in [0.2, 0.25) is 5.88 Å². The zero-order chi connectivity index (χ0) is 18.5. The Labute approximate surface area is 152 Å². The fourth-order valence-corrected chi connectivity index (χ4v) is 3.14. The summed E-state index contributed by atoms with van der Waals surface area (Å²) in [5.41, 5.74) is 1.46. The lowest BCUT2D eigenvalue weighted by atomic mass is 9.91. The number of methoxy groups -OCH3 is 2. The monoisotopic (exact) mass is 357 g/mol. The van der Waals surface area contributed by atoms with Crippen LogP contribution < -0.4 is 14.8 Å². The number of nitrogens with zero attached hydrogens (tertiary/aromatic N) is 4. The molecule has 2 aromatic heterocycles. The van der Waals surface area contributed by atoms with Crippen LogP contribution in [0, 0.1) is 0 Å². The number of piperidine rings is 1. The normalized spacial score (nSPS) is 16.9. The summed E-state index contributed by atoms with van der Waals surface area (Å²) in [6, 6.07) is 5.71. The summed E-state index contributed by atoms with van der Waals surface area (Å²) in [7, 11) is 4.80. The molecule has 1 saturated heterocycles. The number of anilines is 1. The van der Waals surface area contributed by atoms with Crippen LogP contribution in [0.15, 0.2) is 24.4 Å². The maximum Gasteiger partial charge on any atom is 0.320 e. The van der Waals surface area contributed by atoms with E-state index in [2.05, 4.69) is 20.3 Å². The van der Waals surface area contributed by atoms with E-state index in [0.29, 0.717) is 19.0 Å². The van der Waals surface area contributed by atoms with Crippen LogP contribution in [0.3, 0.4) is 0 Å². The Morgan fingerprint density at radius 2 is 2.12 bits per heavy atom. The Balaban J connectivity index is 1.79. The van der Waals surface area contributed by atoms with Gasteiger partial charge in [0, 0.05) is 38.3 Å². The summed E-state index contributed by atoms with van der Waals surface area (Å²) in [6.07, 6.45) is 3.77. The van der Waals surface area contributed by atoms with Crippen molar-refractivity contribution in [3.63, 3.8) is 0 Å². The Morgan fingerprint density at radius 1 is 1.27 bits per heavy atom. The van der Waals surface area contributed by atoms with Gasteiger partial charge < -0.3 is 19.7 Å². The van der Waals surface area contributed by atoms with Crippen molar-refractivity contribution in [2.24, 2.45) is 0 Å². The predicted octanol–water partition coefficient (Wildman–Crippen LogP) is 1.95. The Bertz CT molecular complexity index is 761. The number of ether oxygens (including phenoxy) is 2. The number of amides is 1. The highest BCUT2D eigenvalue weighted by atomic mass is 16.5. The molecule has 8 nitrogen and oxygen atoms in total. The number of carbonyl (C=O) groups excluding carboxylic acids is 1. The highest BCUT2D eigenvalue weighted by molar-refractivity contribution is 5.92. The van der Waals surface area contributed by atoms with Gasteiger partial charge in [0.25, 0.3) is 5.91 Å². The van der Waals surface area contributed by atoms with Crippen molar-refractivity contribution in [3.05, 3.63) is 35.7 Å². The van der Waals surface area contributed by atoms with Gasteiger partial charge in [0.05, 0.1) is 14.2 Å². The summed E-state index contributed by atoms with van der Waals surface area (Å²) in [6.45, 7) is 1.34. The predicted molar refractivity (Wildman–Crippen MR) is 96.8 cm³/mol. The average molecular weight is 357 g/mol. The number of likely N-dealkylation sites (tertiary alicyclic amines) is 1. The molecule has 0 aromatic carbocycles. The molecule has 0 radical (unpaired) electrons. The van der Waals surface area contributed by atoms with Gasteiger partial charge in [-0.15, -0.1) is 0 Å². The van der Waals surface area contributed by atoms with E-state index in [9.17, 15) is 4.79 Å². The van der Waals surface area contributed by atoms with E-state index in [1.54, 1.807) is 12.3 Å². The average Bonchev–Trinajstić information content (AvgIpc) is 2.72. The molecule has 8 heteroatoms. The van der Waals surface area contributed by atoms with Crippen LogP contribution in [0.25, 0.3) is 0 Å². The van der Waals surface area contributed by atoms with Crippen molar-refractivity contribution >= 4 is 11.7 Å². The van der Waals surface area contributed by atoms with Crippen LogP contribution >= 0.6 is 0 Å². The van der Waals surface area contributed by atoms with Crippen molar-refractivity contribution in [1.29, 1.82) is 0 Å². The van der Waals surface area contributed by atoms with Crippen LogP contribution in [0.4, 0.5) is 5.82 Å². The molecular formula is C18H23N5O3. The number of carbonyl (C=O) groups is 1. The van der Waals surface area contributed by atoms with E-state index in [1.807, 2.05) is 24.1 Å². The van der Waals surface area contributed by atoms with Crippen LogP contribution in [0.2, 0.25) is 0 Å². The van der Waals surface area contributed by atoms with Crippen molar-refractivity contribution in [2.75, 3.05) is 39.7 Å². The number of hydrogen-bond donors (Lipinski definition) is 1. The van der Waals surface area contributed by atoms with Gasteiger partial charge in [-0.3, -0.25) is 4.79 Å². The second kappa shape index (κ2) is 7.99. The summed E-state index contributed by atoms with van der Waals surface area (Å²) in [5.74, 6) is 1.27. The number of aromatic nitrogens is 3. The second-order valence-corrected chi connectivity index (χ2v) is 6.10. The van der Waals surface area contributed by atoms with Gasteiger partial charge >= 0.3 is 6.01 Å². The molecule has 3 rings (SSSR count). The largest absolute Gasteiger partial charge is 0.481 e. The van der Waals surface area contributed by atoms with Gasteiger partial charge in [-0.05, 0) is 30.5 Å². The highest BCUT2D eigenvalue weighted by Crippen LogP contribution is 2.29. The molecule has 1 N–H and O–H groups in total. The summed E-state index contributed by atoms with van der Waals surface area (Å²) < 4.78 is 10.2. The van der Waals surface area contributed by atoms with Gasteiger partial charge in [0.1, 0.15) is 11.5 Å². The van der Waals surface area contributed by atoms with Gasteiger partial charge in [-0.1, -0.05) is 0 Å². The number of hydrogen-bond acceptors (Lipinski definition) is 7. The van der Waals surface area contributed by atoms with Crippen molar-refractivity contribution in [3.8, 4) is 11.9 Å². The molecule has 3 heterocycles. The van der Waals surface area contributed by atoms with E-state index in [1.165, 1.54) is 19.8 Å². The first-order valence-electron chi connectivity index (χ1n) is 8.54. The van der Waals surface area contributed by atoms with Crippen LogP contribution in [0.1, 0.15) is 34.8 Å². The molecule has 1 fully saturated rings. The maximum atomic E-state index is 12.9. The van der Waals surface area contributed by atoms with Crippen LogP contribution in [0.5, 0.6) is 11.9 Å². The molecule has 1 aliphatic heterocycles. The van der Waals surface area contributed by atoms with E-state index in [4.69, 9.17) is 9.47 Å². The van der Waals surface area contributed by atoms with Crippen LogP contribution in [-0.2, 0) is 0 Å². The molecule has 0 bridgehead atoms. The number of pyridine rings is 1. The Hall–Kier alpha value is -2.90. The maximum absolute atomic E-state index is 12.9. The first-order valence-corrected chi connectivity index (χ1v) is 8.54. The third-order valence-corrected chi connectivity index (χ3v) is 4.51. The summed E-state index contributed by atoms with van der Waals surface area (Å²) >= 11 is 0. The van der Waals surface area contributed by atoms with Gasteiger partial charge in [-0.25, -0.2) is 4.98 Å². The SMILES string of the molecule is CNc1cc([C@@H]2CCCN(C(=O)c3cc(OC)nc(OC)n3)C2)ccn1. The first-order chi connectivity index (χ1) is 12.6. The molecule has 1 atom stereocenters. The molecule has 1 aliphatic rings. The van der Waals surface area contributed by atoms with E-state index >= 15 is 0 Å². The van der Waals surface area contributed by atoms with E-state index in [-0.39, 0.29) is 23.5 Å². The Kier molecular flexibility index (Phi) is 5.50. The minimum atomic E-state index is -0.142. The van der Waals surface area contributed by atoms with E-state index < -0.39 is 0 Å². The lowest BCUT2D eigenvalue weighted by molar-refractivity contribution is 0.0699. The molecular weight excluding hydrogens is 334 g/mol. The standard InChI is InChI=1S/C18H23N5O3/c1-19-15-9-12(6-7-20-15)13-5-4-8-23(11-13)17(24)14-10-16(25-2)22-18(21-14)26-3/h6-7,9-10,13H,4-5,8,11H2,1-3H3,(H,19,20)/t13-/m1/s1. The second-order valence-electron chi connectivity index (χ2n) is 6.10. The molecule has 0 unspecified atom stereocenters. The topological polar surface area (TPSA) is 89.5 Å². The third-order valence-electron chi connectivity index (χ3n) is 4.51. The van der Waals surface area contributed by atoms with Gasteiger partial charge in [-0.2, -0.15) is 9.97 Å². The minimum absolute atomic E-state index is 0.119. The lowest BCUT2D eigenvalue weighted by Crippen LogP contribution is -2.39. The molecule has 0 spiro atoms. The number of nitrogens with one attached hydrogen (secondary N) is 1. The van der Waals surface area contributed by atoms with E-state index in [0.717, 1.165) is 18.7 Å². The zero-order valence-electron chi connectivity index (χ0n) is 15.2. The molecule has 2 aromatic rings. The summed E-state index contributed by atoms with van der Waals surface area (Å²) in [5, 5.41) is 3.06. The van der Waals surface area contributed by atoms with Gasteiger partial charge in [0.15, 0.2) is 0 Å². The zero-order valence-corrected chi connectivity index (χ0v) is 15.2. The first kappa shape index (κ1) is 17.9. The minimum Gasteiger partial charge on any atom is -0.481 e. The fourth-order valence-electron chi connectivity index (χ4n) is 3.14. The molecule has 1 amide bonds. The fraction of sp³-hybridized carbons (Fsp3) is 0.444. The van der Waals surface area contributed by atoms with Crippen molar-refractivity contribution in [2.45, 2.75) is 18.8 Å². The summed E-state index contributed by atoms with van der Waals surface area (Å²) in [4.78, 5) is 27.2. The van der Waals surface area contributed by atoms with Crippen molar-refractivity contribution < 1.29 is 14.3 Å². The quantitative estimate of drug-likeness (QED) is 0.875. The third kappa shape index (κ3) is 3.84. The van der Waals surface area contributed by atoms with Crippen LogP contribution in [-0.4, -0.2) is 60.1 Å². The van der Waals surface area contributed by atoms with Crippen molar-refractivity contribution in [1.82, 2.24) is 19.9 Å². The molecule has 138 valence electrons. The smallest absolute Gasteiger partial charge is 0.320 e. The highest BCUT2D eigenvalue weighted by Gasteiger charge is 2.27. The molecule has 26 heavy (non-hydrogen) atoms. The lowest BCUT2D eigenvalue weighted by Gasteiger charge is -2.33. The number of rotatable bonds is 5. The molecule has 0 aliphatic carbocycles. The Morgan fingerprint density at radius 3 is 2.85 bits per heavy atom.